The molecule has 0 saturated carbocycles. The number of fused-ring (bicyclic) bond motifs is 1. The highest BCUT2D eigenvalue weighted by Crippen LogP contribution is 2.42. The number of amidine groups is 1. The maximum Gasteiger partial charge on any atom is 0.338 e. The van der Waals surface area contributed by atoms with E-state index in [0.717, 1.165) is 11.8 Å². The van der Waals surface area contributed by atoms with Gasteiger partial charge in [-0.1, -0.05) is 12.1 Å². The van der Waals surface area contributed by atoms with Crippen molar-refractivity contribution in [3.63, 3.8) is 0 Å². The summed E-state index contributed by atoms with van der Waals surface area (Å²) in [6, 6.07) is 11.5. The molecule has 0 fully saturated rings. The minimum absolute atomic E-state index is 0.121. The average Bonchev–Trinajstić information content (AvgIpc) is 2.84. The fourth-order valence-corrected chi connectivity index (χ4v) is 4.68. The monoisotopic (exact) mass is 495 g/mol. The van der Waals surface area contributed by atoms with Gasteiger partial charge in [0.05, 0.1) is 35.9 Å². The van der Waals surface area contributed by atoms with Crippen molar-refractivity contribution in [1.82, 2.24) is 4.90 Å². The van der Waals surface area contributed by atoms with E-state index in [0.29, 0.717) is 22.7 Å². The van der Waals surface area contributed by atoms with E-state index in [-0.39, 0.29) is 22.3 Å². The summed E-state index contributed by atoms with van der Waals surface area (Å²) >= 11 is 1.01. The van der Waals surface area contributed by atoms with E-state index < -0.39 is 29.6 Å². The molecule has 2 amide bonds. The second-order valence-electron chi connectivity index (χ2n) is 7.57. The number of halogens is 1. The second kappa shape index (κ2) is 10.1. The minimum Gasteiger partial charge on any atom is -0.497 e. The van der Waals surface area contributed by atoms with E-state index >= 15 is 0 Å². The Kier molecular flexibility index (Phi) is 7.02. The smallest absolute Gasteiger partial charge is 0.338 e. The SMILES string of the molecule is CCOC(=O)C1=C(C)N=C2SC(C(=O)Nc3ccc(F)cc3)=CC(=O)N2C1c1ccc(OC)cc1. The van der Waals surface area contributed by atoms with E-state index in [4.69, 9.17) is 9.47 Å². The largest absolute Gasteiger partial charge is 0.497 e. The molecule has 2 aromatic carbocycles. The van der Waals surface area contributed by atoms with Crippen LogP contribution in [0.5, 0.6) is 5.75 Å². The molecule has 1 unspecified atom stereocenters. The molecule has 35 heavy (non-hydrogen) atoms. The Morgan fingerprint density at radius 1 is 1.14 bits per heavy atom. The zero-order valence-electron chi connectivity index (χ0n) is 19.2. The molecule has 2 aliphatic rings. The van der Waals surface area contributed by atoms with Gasteiger partial charge in [-0.2, -0.15) is 0 Å². The number of anilines is 1. The lowest BCUT2D eigenvalue weighted by Gasteiger charge is -2.38. The van der Waals surface area contributed by atoms with Crippen LogP contribution in [0.3, 0.4) is 0 Å². The van der Waals surface area contributed by atoms with Gasteiger partial charge in [-0.15, -0.1) is 0 Å². The fourth-order valence-electron chi connectivity index (χ4n) is 3.71. The molecule has 0 aromatic heterocycles. The summed E-state index contributed by atoms with van der Waals surface area (Å²) in [5, 5.41) is 2.90. The van der Waals surface area contributed by atoms with Crippen LogP contribution >= 0.6 is 11.8 Å². The number of allylic oxidation sites excluding steroid dienone is 1. The van der Waals surface area contributed by atoms with Crippen molar-refractivity contribution in [2.75, 3.05) is 19.0 Å². The molecule has 2 aromatic rings. The number of aliphatic imine (C=N–C) groups is 1. The van der Waals surface area contributed by atoms with Crippen molar-refractivity contribution in [1.29, 1.82) is 0 Å². The predicted molar refractivity (Wildman–Crippen MR) is 130 cm³/mol. The zero-order valence-corrected chi connectivity index (χ0v) is 20.0. The lowest BCUT2D eigenvalue weighted by atomic mass is 9.94. The molecule has 4 rings (SSSR count). The van der Waals surface area contributed by atoms with Gasteiger partial charge in [0.2, 0.25) is 0 Å². The number of hydrogen-bond donors (Lipinski definition) is 1. The number of carbonyl (C=O) groups is 3. The topological polar surface area (TPSA) is 97.3 Å². The number of rotatable bonds is 6. The summed E-state index contributed by atoms with van der Waals surface area (Å²) in [5.74, 6) is -1.43. The Bertz CT molecular complexity index is 1270. The Labute approximate surface area is 205 Å². The maximum atomic E-state index is 13.3. The van der Waals surface area contributed by atoms with Gasteiger partial charge in [-0.25, -0.2) is 14.2 Å². The third kappa shape index (κ3) is 4.97. The lowest BCUT2D eigenvalue weighted by molar-refractivity contribution is -0.139. The Morgan fingerprint density at radius 2 is 1.83 bits per heavy atom. The van der Waals surface area contributed by atoms with Crippen molar-refractivity contribution in [3.05, 3.63) is 82.2 Å². The summed E-state index contributed by atoms with van der Waals surface area (Å²) in [5.41, 5.74) is 1.66. The Hall–Kier alpha value is -3.92. The summed E-state index contributed by atoms with van der Waals surface area (Å²) in [6.07, 6.45) is 1.20. The molecule has 2 heterocycles. The number of esters is 1. The van der Waals surface area contributed by atoms with Crippen molar-refractivity contribution in [3.8, 4) is 5.75 Å². The van der Waals surface area contributed by atoms with Gasteiger partial charge in [0.1, 0.15) is 11.6 Å². The van der Waals surface area contributed by atoms with Crippen LogP contribution in [-0.4, -0.2) is 41.6 Å². The van der Waals surface area contributed by atoms with Gasteiger partial charge in [-0.3, -0.25) is 14.5 Å². The summed E-state index contributed by atoms with van der Waals surface area (Å²) < 4.78 is 23.7. The van der Waals surface area contributed by atoms with Crippen molar-refractivity contribution >= 4 is 40.4 Å². The first-order valence-electron chi connectivity index (χ1n) is 10.7. The second-order valence-corrected chi connectivity index (χ2v) is 8.58. The molecule has 1 N–H and O–H groups in total. The predicted octanol–water partition coefficient (Wildman–Crippen LogP) is 4.18. The summed E-state index contributed by atoms with van der Waals surface area (Å²) in [6.45, 7) is 3.52. The molecular weight excluding hydrogens is 473 g/mol. The molecule has 10 heteroatoms. The van der Waals surface area contributed by atoms with E-state index in [2.05, 4.69) is 10.3 Å². The third-order valence-corrected chi connectivity index (χ3v) is 6.33. The highest BCUT2D eigenvalue weighted by atomic mass is 32.2. The number of ether oxygens (including phenoxy) is 2. The number of amides is 2. The van der Waals surface area contributed by atoms with Crippen molar-refractivity contribution in [2.45, 2.75) is 19.9 Å². The first kappa shape index (κ1) is 24.2. The molecule has 1 atom stereocenters. The van der Waals surface area contributed by atoms with Gasteiger partial charge in [-0.05, 0) is 67.6 Å². The van der Waals surface area contributed by atoms with E-state index in [1.54, 1.807) is 45.2 Å². The van der Waals surface area contributed by atoms with Crippen molar-refractivity contribution < 1.29 is 28.2 Å². The quantitative estimate of drug-likeness (QED) is 0.604. The zero-order chi connectivity index (χ0) is 25.1. The van der Waals surface area contributed by atoms with Crippen LogP contribution in [0.25, 0.3) is 0 Å². The van der Waals surface area contributed by atoms with Crippen LogP contribution in [0.4, 0.5) is 10.1 Å². The van der Waals surface area contributed by atoms with Crippen LogP contribution in [0.1, 0.15) is 25.5 Å². The van der Waals surface area contributed by atoms with Gasteiger partial charge in [0, 0.05) is 11.8 Å². The molecule has 2 aliphatic heterocycles. The third-order valence-electron chi connectivity index (χ3n) is 5.34. The highest BCUT2D eigenvalue weighted by molar-refractivity contribution is 8.18. The summed E-state index contributed by atoms with van der Waals surface area (Å²) in [7, 11) is 1.54. The van der Waals surface area contributed by atoms with Crippen LogP contribution in [0.15, 0.2) is 75.8 Å². The Morgan fingerprint density at radius 3 is 2.46 bits per heavy atom. The normalized spacial score (nSPS) is 17.3. The molecule has 0 spiro atoms. The van der Waals surface area contributed by atoms with E-state index in [1.807, 2.05) is 0 Å². The van der Waals surface area contributed by atoms with Gasteiger partial charge in [0.15, 0.2) is 5.17 Å². The van der Waals surface area contributed by atoms with Crippen LogP contribution in [0.2, 0.25) is 0 Å². The Balaban J connectivity index is 1.71. The number of nitrogens with one attached hydrogen (secondary N) is 1. The first-order chi connectivity index (χ1) is 16.8. The van der Waals surface area contributed by atoms with E-state index in [1.165, 1.54) is 35.2 Å². The van der Waals surface area contributed by atoms with Crippen LogP contribution in [0, 0.1) is 5.82 Å². The number of hydrogen-bond acceptors (Lipinski definition) is 7. The van der Waals surface area contributed by atoms with Crippen LogP contribution in [-0.2, 0) is 19.1 Å². The van der Waals surface area contributed by atoms with Gasteiger partial charge in [0.25, 0.3) is 11.8 Å². The molecule has 180 valence electrons. The lowest BCUT2D eigenvalue weighted by Crippen LogP contribution is -2.45. The number of carbonyl (C=O) groups excluding carboxylic acids is 3. The number of benzene rings is 2. The first-order valence-corrected chi connectivity index (χ1v) is 11.5. The number of nitrogens with zero attached hydrogens (tertiary/aromatic N) is 2. The standard InChI is InChI=1S/C25H22FN3O5S/c1-4-34-24(32)21-14(2)27-25-29(22(21)15-5-11-18(33-3)12-6-15)20(30)13-19(35-25)23(31)28-17-9-7-16(26)8-10-17/h5-13,22H,4H2,1-3H3,(H,28,31). The highest BCUT2D eigenvalue weighted by Gasteiger charge is 2.42. The van der Waals surface area contributed by atoms with Crippen molar-refractivity contribution in [2.24, 2.45) is 4.99 Å². The maximum absolute atomic E-state index is 13.3. The molecule has 0 saturated heterocycles. The number of methoxy groups -OCH3 is 1. The molecule has 0 aliphatic carbocycles. The fraction of sp³-hybridized carbons (Fsp3) is 0.200. The molecule has 8 nitrogen and oxygen atoms in total. The minimum atomic E-state index is -0.801. The van der Waals surface area contributed by atoms with Gasteiger partial charge >= 0.3 is 5.97 Å². The molecule has 0 radical (unpaired) electrons. The molecule has 0 bridgehead atoms. The van der Waals surface area contributed by atoms with Crippen LogP contribution < -0.4 is 10.1 Å². The summed E-state index contributed by atoms with van der Waals surface area (Å²) in [4.78, 5) is 45.0. The van der Waals surface area contributed by atoms with E-state index in [9.17, 15) is 18.8 Å². The number of thioether (sulfide) groups is 1. The van der Waals surface area contributed by atoms with Gasteiger partial charge < -0.3 is 14.8 Å². The molecular formula is C25H22FN3O5S. The average molecular weight is 496 g/mol.